The lowest BCUT2D eigenvalue weighted by Gasteiger charge is -2.26. The molecule has 1 aromatic rings. The Hall–Kier alpha value is -1.16. The molecule has 2 rings (SSSR count). The maximum absolute atomic E-state index is 10.4. The Labute approximate surface area is 63.8 Å². The average molecular weight is 152 g/mol. The predicted octanol–water partition coefficient (Wildman–Crippen LogP) is 0.267. The Morgan fingerprint density at radius 2 is 2.55 bits per heavy atom. The largest absolute Gasteiger partial charge is 0.377 e. The van der Waals surface area contributed by atoms with Gasteiger partial charge in [-0.3, -0.25) is 9.48 Å². The molecule has 0 amide bonds. The molecule has 4 nitrogen and oxygen atoms in total. The number of hydrogen-bond donors (Lipinski definition) is 0. The van der Waals surface area contributed by atoms with Crippen molar-refractivity contribution in [3.8, 4) is 0 Å². The molecule has 1 aliphatic rings. The van der Waals surface area contributed by atoms with Gasteiger partial charge in [-0.15, -0.1) is 0 Å². The van der Waals surface area contributed by atoms with Crippen molar-refractivity contribution in [3.63, 3.8) is 0 Å². The van der Waals surface area contributed by atoms with Gasteiger partial charge >= 0.3 is 0 Å². The minimum absolute atomic E-state index is 0.269. The van der Waals surface area contributed by atoms with Crippen LogP contribution in [0.25, 0.3) is 0 Å². The zero-order valence-electron chi connectivity index (χ0n) is 5.93. The van der Waals surface area contributed by atoms with E-state index in [2.05, 4.69) is 5.10 Å². The molecule has 1 aromatic heterocycles. The normalized spacial score (nSPS) is 17.8. The highest BCUT2D eigenvalue weighted by Gasteiger charge is 2.22. The molecule has 0 atom stereocenters. The standard InChI is InChI=1S/C7H8N2O2/c10-3-6-1-2-8-9(6)7-4-11-5-7/h1-3,7H,4-5H2. The van der Waals surface area contributed by atoms with Crippen molar-refractivity contribution in [2.75, 3.05) is 13.2 Å². The summed E-state index contributed by atoms with van der Waals surface area (Å²) >= 11 is 0. The molecule has 58 valence electrons. The van der Waals surface area contributed by atoms with E-state index in [0.29, 0.717) is 18.9 Å². The van der Waals surface area contributed by atoms with Crippen LogP contribution in [0.4, 0.5) is 0 Å². The third-order valence-corrected chi connectivity index (χ3v) is 1.79. The first kappa shape index (κ1) is 6.54. The SMILES string of the molecule is O=Cc1ccnn1C1COC1. The Balaban J connectivity index is 2.27. The molecular formula is C7H8N2O2. The Kier molecular flexibility index (Phi) is 1.47. The first-order chi connectivity index (χ1) is 5.42. The molecule has 0 bridgehead atoms. The van der Waals surface area contributed by atoms with Crippen LogP contribution in [0, 0.1) is 0 Å². The molecule has 0 aromatic carbocycles. The number of carbonyl (C=O) groups excluding carboxylic acids is 1. The highest BCUT2D eigenvalue weighted by atomic mass is 16.5. The smallest absolute Gasteiger partial charge is 0.168 e. The van der Waals surface area contributed by atoms with Crippen molar-refractivity contribution in [1.29, 1.82) is 0 Å². The van der Waals surface area contributed by atoms with Gasteiger partial charge < -0.3 is 4.74 Å². The van der Waals surface area contributed by atoms with Crippen molar-refractivity contribution in [3.05, 3.63) is 18.0 Å². The second kappa shape index (κ2) is 2.47. The molecular weight excluding hydrogens is 144 g/mol. The quantitative estimate of drug-likeness (QED) is 0.571. The van der Waals surface area contributed by atoms with Crippen molar-refractivity contribution in [2.24, 2.45) is 0 Å². The van der Waals surface area contributed by atoms with Gasteiger partial charge in [0, 0.05) is 6.20 Å². The molecule has 0 aliphatic carbocycles. The zero-order chi connectivity index (χ0) is 7.68. The van der Waals surface area contributed by atoms with Crippen LogP contribution in [0.5, 0.6) is 0 Å². The number of nitrogens with zero attached hydrogens (tertiary/aromatic N) is 2. The minimum atomic E-state index is 0.269. The number of aldehydes is 1. The van der Waals surface area contributed by atoms with Crippen LogP contribution in [0.15, 0.2) is 12.3 Å². The minimum Gasteiger partial charge on any atom is -0.377 e. The van der Waals surface area contributed by atoms with Gasteiger partial charge in [0.15, 0.2) is 6.29 Å². The summed E-state index contributed by atoms with van der Waals surface area (Å²) in [6.45, 7) is 1.34. The molecule has 1 fully saturated rings. The maximum Gasteiger partial charge on any atom is 0.168 e. The number of aromatic nitrogens is 2. The van der Waals surface area contributed by atoms with E-state index in [1.54, 1.807) is 16.9 Å². The maximum atomic E-state index is 10.4. The second-order valence-corrected chi connectivity index (χ2v) is 2.51. The van der Waals surface area contributed by atoms with Crippen LogP contribution >= 0.6 is 0 Å². The Bertz CT molecular complexity index is 265. The molecule has 0 saturated carbocycles. The molecule has 0 spiro atoms. The summed E-state index contributed by atoms with van der Waals surface area (Å²) in [5.41, 5.74) is 0.623. The van der Waals surface area contributed by atoms with E-state index in [1.165, 1.54) is 0 Å². The summed E-state index contributed by atoms with van der Waals surface area (Å²) in [5, 5.41) is 4.01. The van der Waals surface area contributed by atoms with E-state index in [4.69, 9.17) is 4.74 Å². The van der Waals surface area contributed by atoms with Gasteiger partial charge in [0.1, 0.15) is 5.69 Å². The van der Waals surface area contributed by atoms with Crippen molar-refractivity contribution in [2.45, 2.75) is 6.04 Å². The van der Waals surface area contributed by atoms with Crippen LogP contribution in [0.1, 0.15) is 16.5 Å². The fourth-order valence-corrected chi connectivity index (χ4v) is 1.09. The lowest BCUT2D eigenvalue weighted by atomic mass is 10.2. The molecule has 0 N–H and O–H groups in total. The summed E-state index contributed by atoms with van der Waals surface area (Å²) in [4.78, 5) is 10.4. The fourth-order valence-electron chi connectivity index (χ4n) is 1.09. The van der Waals surface area contributed by atoms with E-state index in [-0.39, 0.29) is 6.04 Å². The summed E-state index contributed by atoms with van der Waals surface area (Å²) in [6, 6.07) is 1.97. The summed E-state index contributed by atoms with van der Waals surface area (Å²) in [6.07, 6.45) is 2.44. The van der Waals surface area contributed by atoms with Crippen molar-refractivity contribution in [1.82, 2.24) is 9.78 Å². The first-order valence-corrected chi connectivity index (χ1v) is 3.48. The van der Waals surface area contributed by atoms with Gasteiger partial charge in [-0.2, -0.15) is 5.10 Å². The third kappa shape index (κ3) is 0.952. The molecule has 0 radical (unpaired) electrons. The summed E-state index contributed by atoms with van der Waals surface area (Å²) in [5.74, 6) is 0. The number of carbonyl (C=O) groups is 1. The highest BCUT2D eigenvalue weighted by molar-refractivity contribution is 5.71. The fraction of sp³-hybridized carbons (Fsp3) is 0.429. The van der Waals surface area contributed by atoms with Crippen LogP contribution < -0.4 is 0 Å². The summed E-state index contributed by atoms with van der Waals surface area (Å²) in [7, 11) is 0. The monoisotopic (exact) mass is 152 g/mol. The lowest BCUT2D eigenvalue weighted by molar-refractivity contribution is -0.0292. The third-order valence-electron chi connectivity index (χ3n) is 1.79. The van der Waals surface area contributed by atoms with Gasteiger partial charge in [-0.25, -0.2) is 0 Å². The van der Waals surface area contributed by atoms with Crippen molar-refractivity contribution >= 4 is 6.29 Å². The number of hydrogen-bond acceptors (Lipinski definition) is 3. The molecule has 1 aliphatic heterocycles. The lowest BCUT2D eigenvalue weighted by Crippen LogP contribution is -2.32. The molecule has 1 saturated heterocycles. The molecule has 4 heteroatoms. The number of rotatable bonds is 2. The van der Waals surface area contributed by atoms with Crippen LogP contribution in [-0.2, 0) is 4.74 Å². The van der Waals surface area contributed by atoms with Crippen LogP contribution in [0.3, 0.4) is 0 Å². The van der Waals surface area contributed by atoms with Crippen molar-refractivity contribution < 1.29 is 9.53 Å². The second-order valence-electron chi connectivity index (χ2n) is 2.51. The Morgan fingerprint density at radius 3 is 3.09 bits per heavy atom. The van der Waals surface area contributed by atoms with Gasteiger partial charge in [0.2, 0.25) is 0 Å². The molecule has 2 heterocycles. The van der Waals surface area contributed by atoms with Gasteiger partial charge in [-0.05, 0) is 6.07 Å². The summed E-state index contributed by atoms with van der Waals surface area (Å²) < 4.78 is 6.69. The van der Waals surface area contributed by atoms with Gasteiger partial charge in [0.05, 0.1) is 19.3 Å². The highest BCUT2D eigenvalue weighted by Crippen LogP contribution is 2.16. The predicted molar refractivity (Wildman–Crippen MR) is 37.5 cm³/mol. The van der Waals surface area contributed by atoms with Gasteiger partial charge in [0.25, 0.3) is 0 Å². The van der Waals surface area contributed by atoms with E-state index in [1.807, 2.05) is 0 Å². The Morgan fingerprint density at radius 1 is 1.73 bits per heavy atom. The van der Waals surface area contributed by atoms with E-state index in [0.717, 1.165) is 6.29 Å². The van der Waals surface area contributed by atoms with Gasteiger partial charge in [-0.1, -0.05) is 0 Å². The van der Waals surface area contributed by atoms with Crippen LogP contribution in [0.2, 0.25) is 0 Å². The molecule has 11 heavy (non-hydrogen) atoms. The topological polar surface area (TPSA) is 44.1 Å². The molecule has 0 unspecified atom stereocenters. The first-order valence-electron chi connectivity index (χ1n) is 3.48. The van der Waals surface area contributed by atoms with E-state index >= 15 is 0 Å². The van der Waals surface area contributed by atoms with E-state index in [9.17, 15) is 4.79 Å². The zero-order valence-corrected chi connectivity index (χ0v) is 5.93. The number of ether oxygens (including phenoxy) is 1. The average Bonchev–Trinajstić information content (AvgIpc) is 2.32. The van der Waals surface area contributed by atoms with E-state index < -0.39 is 0 Å². The van der Waals surface area contributed by atoms with Crippen LogP contribution in [-0.4, -0.2) is 29.3 Å².